The fraction of sp³-hybridized carbons (Fsp3) is 0.833. The highest BCUT2D eigenvalue weighted by molar-refractivity contribution is 7.80. The summed E-state index contributed by atoms with van der Waals surface area (Å²) in [5.41, 5.74) is 0. The van der Waals surface area contributed by atoms with Crippen molar-refractivity contribution in [2.24, 2.45) is 0 Å². The van der Waals surface area contributed by atoms with Crippen LogP contribution >= 0.6 is 0 Å². The van der Waals surface area contributed by atoms with Gasteiger partial charge in [-0.1, -0.05) is 0 Å². The summed E-state index contributed by atoms with van der Waals surface area (Å²) in [6, 6.07) is -0.577. The van der Waals surface area contributed by atoms with Gasteiger partial charge in [0.05, 0.1) is 13.2 Å². The van der Waals surface area contributed by atoms with Gasteiger partial charge in [-0.05, 0) is 0 Å². The van der Waals surface area contributed by atoms with Crippen LogP contribution in [0.4, 0.5) is 0 Å². The summed E-state index contributed by atoms with van der Waals surface area (Å²) in [5.74, 6) is -0.480. The zero-order valence-electron chi connectivity index (χ0n) is 7.47. The molecule has 0 radical (unpaired) electrons. The monoisotopic (exact) mass is 225 g/mol. The molecule has 0 unspecified atom stereocenters. The summed E-state index contributed by atoms with van der Waals surface area (Å²) >= 11 is 0. The molecule has 82 valence electrons. The molecule has 0 spiro atoms. The van der Waals surface area contributed by atoms with Crippen LogP contribution in [0, 0.1) is 0 Å². The van der Waals surface area contributed by atoms with Crippen molar-refractivity contribution in [3.05, 3.63) is 0 Å². The van der Waals surface area contributed by atoms with Crippen molar-refractivity contribution in [3.63, 3.8) is 0 Å². The molecule has 0 bridgehead atoms. The number of carbonyl (C=O) groups is 1. The van der Waals surface area contributed by atoms with Gasteiger partial charge in [0, 0.05) is 13.0 Å². The first-order valence-electron chi connectivity index (χ1n) is 3.89. The zero-order chi connectivity index (χ0) is 10.8. The summed E-state index contributed by atoms with van der Waals surface area (Å²) in [4.78, 5) is 11.0. The Balaban J connectivity index is 2.46. The van der Waals surface area contributed by atoms with Crippen LogP contribution < -0.4 is 5.32 Å². The number of nitrogens with one attached hydrogen (secondary N) is 1. The van der Waals surface area contributed by atoms with E-state index in [1.807, 2.05) is 0 Å². The van der Waals surface area contributed by atoms with E-state index in [1.54, 1.807) is 0 Å². The highest BCUT2D eigenvalue weighted by Gasteiger charge is 2.33. The third kappa shape index (κ3) is 3.22. The van der Waals surface area contributed by atoms with Crippen molar-refractivity contribution in [2.75, 3.05) is 13.7 Å². The summed E-state index contributed by atoms with van der Waals surface area (Å²) in [6.45, 7) is 0.180. The molecule has 0 aliphatic carbocycles. The predicted octanol–water partition coefficient (Wildman–Crippen LogP) is -1.29. The lowest BCUT2D eigenvalue weighted by Crippen LogP contribution is -2.31. The maximum absolute atomic E-state index is 11.0. The minimum Gasteiger partial charge on any atom is -0.468 e. The quantitative estimate of drug-likeness (QED) is 0.455. The maximum atomic E-state index is 11.0. The Morgan fingerprint density at radius 1 is 1.57 bits per heavy atom. The van der Waals surface area contributed by atoms with E-state index < -0.39 is 28.5 Å². The van der Waals surface area contributed by atoms with Crippen LogP contribution in [0.1, 0.15) is 6.42 Å². The van der Waals surface area contributed by atoms with E-state index in [9.17, 15) is 13.2 Å². The third-order valence-electron chi connectivity index (χ3n) is 1.83. The largest absolute Gasteiger partial charge is 0.468 e. The van der Waals surface area contributed by atoms with E-state index >= 15 is 0 Å². The van der Waals surface area contributed by atoms with Crippen LogP contribution in [0.15, 0.2) is 0 Å². The van der Waals surface area contributed by atoms with E-state index in [0.29, 0.717) is 0 Å². The second kappa shape index (κ2) is 4.22. The molecule has 0 aromatic heterocycles. The smallest absolute Gasteiger partial charge is 0.397 e. The molecule has 1 aliphatic heterocycles. The van der Waals surface area contributed by atoms with Gasteiger partial charge in [-0.2, -0.15) is 8.42 Å². The molecule has 7 nitrogen and oxygen atoms in total. The summed E-state index contributed by atoms with van der Waals surface area (Å²) in [6.07, 6.45) is -0.568. The number of methoxy groups -OCH3 is 1. The Morgan fingerprint density at radius 2 is 2.21 bits per heavy atom. The normalized spacial score (nSPS) is 27.6. The molecule has 0 amide bonds. The number of ether oxygens (including phenoxy) is 1. The van der Waals surface area contributed by atoms with Crippen molar-refractivity contribution in [1.82, 2.24) is 5.32 Å². The molecular weight excluding hydrogens is 214 g/mol. The molecule has 0 saturated carbocycles. The van der Waals surface area contributed by atoms with Crippen LogP contribution in [-0.4, -0.2) is 44.7 Å². The molecule has 1 heterocycles. The Bertz CT molecular complexity index is 312. The molecule has 0 aromatic rings. The molecule has 1 saturated heterocycles. The van der Waals surface area contributed by atoms with Crippen LogP contribution in [0.3, 0.4) is 0 Å². The highest BCUT2D eigenvalue weighted by atomic mass is 32.3. The lowest BCUT2D eigenvalue weighted by molar-refractivity contribution is -0.142. The molecule has 2 atom stereocenters. The SMILES string of the molecule is COC(=O)[C@@H]1C[C@@H](OS(=O)(=O)O)CN1. The number of hydrogen-bond donors (Lipinski definition) is 2. The average molecular weight is 225 g/mol. The fourth-order valence-corrected chi connectivity index (χ4v) is 1.76. The molecule has 1 rings (SSSR count). The maximum Gasteiger partial charge on any atom is 0.397 e. The van der Waals surface area contributed by atoms with E-state index in [0.717, 1.165) is 0 Å². The topological polar surface area (TPSA) is 102 Å². The van der Waals surface area contributed by atoms with Crippen LogP contribution in [-0.2, 0) is 24.1 Å². The Morgan fingerprint density at radius 3 is 2.71 bits per heavy atom. The van der Waals surface area contributed by atoms with Gasteiger partial charge in [0.15, 0.2) is 0 Å². The van der Waals surface area contributed by atoms with Crippen molar-refractivity contribution in [2.45, 2.75) is 18.6 Å². The lowest BCUT2D eigenvalue weighted by Gasteiger charge is -2.07. The Kier molecular flexibility index (Phi) is 3.43. The van der Waals surface area contributed by atoms with Crippen LogP contribution in [0.25, 0.3) is 0 Å². The summed E-state index contributed by atoms with van der Waals surface area (Å²) in [7, 11) is -3.22. The van der Waals surface area contributed by atoms with Gasteiger partial charge in [0.1, 0.15) is 6.04 Å². The predicted molar refractivity (Wildman–Crippen MR) is 44.8 cm³/mol. The Hall–Kier alpha value is -0.700. The molecular formula is C6H11NO6S. The first kappa shape index (κ1) is 11.4. The van der Waals surface area contributed by atoms with Gasteiger partial charge in [-0.15, -0.1) is 0 Å². The van der Waals surface area contributed by atoms with E-state index in [4.69, 9.17) is 4.55 Å². The number of hydrogen-bond acceptors (Lipinski definition) is 6. The number of rotatable bonds is 3. The van der Waals surface area contributed by atoms with Gasteiger partial charge >= 0.3 is 16.4 Å². The third-order valence-corrected chi connectivity index (χ3v) is 2.35. The van der Waals surface area contributed by atoms with Gasteiger partial charge in [0.2, 0.25) is 0 Å². The molecule has 8 heteroatoms. The van der Waals surface area contributed by atoms with Gasteiger partial charge in [-0.3, -0.25) is 9.35 Å². The summed E-state index contributed by atoms with van der Waals surface area (Å²) in [5, 5.41) is 2.70. The van der Waals surface area contributed by atoms with E-state index in [2.05, 4.69) is 14.2 Å². The van der Waals surface area contributed by atoms with E-state index in [1.165, 1.54) is 7.11 Å². The van der Waals surface area contributed by atoms with Crippen LogP contribution in [0.5, 0.6) is 0 Å². The Labute approximate surface area is 81.3 Å². The standard InChI is InChI=1S/C6H11NO6S/c1-12-6(8)5-2-4(3-7-5)13-14(9,10)11/h4-5,7H,2-3H2,1H3,(H,9,10,11)/t4-,5+/m1/s1. The van der Waals surface area contributed by atoms with Crippen molar-refractivity contribution in [3.8, 4) is 0 Å². The fourth-order valence-electron chi connectivity index (χ4n) is 1.27. The number of esters is 1. The molecule has 0 aromatic carbocycles. The van der Waals surface area contributed by atoms with Gasteiger partial charge in [0.25, 0.3) is 0 Å². The average Bonchev–Trinajstić information content (AvgIpc) is 2.48. The zero-order valence-corrected chi connectivity index (χ0v) is 8.28. The number of carbonyl (C=O) groups excluding carboxylic acids is 1. The van der Waals surface area contributed by atoms with Crippen molar-refractivity contribution in [1.29, 1.82) is 0 Å². The summed E-state index contributed by atoms with van der Waals surface area (Å²) < 4.78 is 37.7. The first-order valence-corrected chi connectivity index (χ1v) is 5.26. The van der Waals surface area contributed by atoms with Crippen LogP contribution in [0.2, 0.25) is 0 Å². The molecule has 1 aliphatic rings. The van der Waals surface area contributed by atoms with Crippen molar-refractivity contribution < 1.29 is 26.7 Å². The second-order valence-corrected chi connectivity index (χ2v) is 3.91. The lowest BCUT2D eigenvalue weighted by atomic mass is 10.2. The highest BCUT2D eigenvalue weighted by Crippen LogP contribution is 2.13. The van der Waals surface area contributed by atoms with Gasteiger partial charge < -0.3 is 10.1 Å². The molecule has 14 heavy (non-hydrogen) atoms. The minimum atomic E-state index is -4.46. The van der Waals surface area contributed by atoms with E-state index in [-0.39, 0.29) is 13.0 Å². The van der Waals surface area contributed by atoms with Gasteiger partial charge in [-0.25, -0.2) is 4.18 Å². The molecule has 2 N–H and O–H groups in total. The molecule has 1 fully saturated rings. The van der Waals surface area contributed by atoms with Crippen molar-refractivity contribution >= 4 is 16.4 Å². The minimum absolute atomic E-state index is 0.159. The first-order chi connectivity index (χ1) is 6.42. The second-order valence-electron chi connectivity index (χ2n) is 2.87.